The molecule has 4 heavy (non-hydrogen) atoms. The van der Waals surface area contributed by atoms with E-state index in [1.807, 2.05) is 0 Å². The van der Waals surface area contributed by atoms with Crippen LogP contribution in [0.1, 0.15) is 0 Å². The van der Waals surface area contributed by atoms with Crippen LogP contribution < -0.4 is 0 Å². The topological polar surface area (TPSA) is 0 Å². The molecule has 0 unspecified atom stereocenters. The summed E-state index contributed by atoms with van der Waals surface area (Å²) in [7, 11) is 0. The SMILES string of the molecule is [Co].[Fe].[Ni].[Zr]. The normalized spacial score (nSPS) is 0. The summed E-state index contributed by atoms with van der Waals surface area (Å²) in [6, 6.07) is 0. The summed E-state index contributed by atoms with van der Waals surface area (Å²) in [5.74, 6) is 0. The van der Waals surface area contributed by atoms with E-state index in [0.717, 1.165) is 0 Å². The Bertz CT molecular complexity index is 8.00. The van der Waals surface area contributed by atoms with Crippen LogP contribution in [0.3, 0.4) is 0 Å². The van der Waals surface area contributed by atoms with Crippen LogP contribution >= 0.6 is 0 Å². The van der Waals surface area contributed by atoms with E-state index in [0.29, 0.717) is 0 Å². The Morgan fingerprint density at radius 3 is 1.00 bits per heavy atom. The smallest absolute Gasteiger partial charge is 0 e. The molecule has 0 saturated carbocycles. The zero-order chi connectivity index (χ0) is 0. The largest absolute Gasteiger partial charge is 0 e. The van der Waals surface area contributed by atoms with Gasteiger partial charge in [-0.3, -0.25) is 0 Å². The van der Waals surface area contributed by atoms with E-state index in [1.165, 1.54) is 0 Å². The van der Waals surface area contributed by atoms with Crippen molar-refractivity contribution in [1.29, 1.82) is 0 Å². The molecule has 31 valence electrons. The van der Waals surface area contributed by atoms with Crippen molar-refractivity contribution in [1.82, 2.24) is 0 Å². The molecule has 0 N–H and O–H groups in total. The molecule has 0 fully saturated rings. The van der Waals surface area contributed by atoms with Crippen LogP contribution in [0.4, 0.5) is 0 Å². The molecule has 0 aliphatic heterocycles. The van der Waals surface area contributed by atoms with Gasteiger partial charge in [0.25, 0.3) is 0 Å². The van der Waals surface area contributed by atoms with E-state index in [1.54, 1.807) is 0 Å². The van der Waals surface area contributed by atoms with E-state index in [4.69, 9.17) is 0 Å². The molecule has 0 rings (SSSR count). The van der Waals surface area contributed by atoms with Gasteiger partial charge in [0.2, 0.25) is 0 Å². The van der Waals surface area contributed by atoms with E-state index < -0.39 is 0 Å². The number of rotatable bonds is 0. The van der Waals surface area contributed by atoms with Gasteiger partial charge in [-0.2, -0.15) is 0 Å². The van der Waals surface area contributed by atoms with Crippen LogP contribution in [0, 0.1) is 0 Å². The molecular weight excluding hydrogens is 265 g/mol. The molecule has 0 atom stereocenters. The maximum absolute atomic E-state index is 0. The second-order valence-electron chi connectivity index (χ2n) is 0. The van der Waals surface area contributed by atoms with Crippen LogP contribution in [0.2, 0.25) is 0 Å². The third kappa shape index (κ3) is 8.83. The first-order valence-electron chi connectivity index (χ1n) is 0. The first kappa shape index (κ1) is 32.4. The van der Waals surface area contributed by atoms with Gasteiger partial charge in [0.15, 0.2) is 0 Å². The van der Waals surface area contributed by atoms with Gasteiger partial charge in [-0.25, -0.2) is 0 Å². The van der Waals surface area contributed by atoms with Gasteiger partial charge in [-0.1, -0.05) is 0 Å². The van der Waals surface area contributed by atoms with Gasteiger partial charge in [0.05, 0.1) is 0 Å². The molecule has 0 nitrogen and oxygen atoms in total. The predicted molar refractivity (Wildman–Crippen MR) is 0 cm³/mol. The van der Waals surface area contributed by atoms with Crippen molar-refractivity contribution in [3.63, 3.8) is 0 Å². The first-order valence-corrected chi connectivity index (χ1v) is 0. The molecule has 0 amide bonds. The summed E-state index contributed by atoms with van der Waals surface area (Å²) < 4.78 is 0. The Hall–Kier alpha value is 2.40. The molecular formula is CoFeNiZr. The molecule has 4 heteroatoms. The third-order valence-corrected chi connectivity index (χ3v) is 0. The Morgan fingerprint density at radius 2 is 1.00 bits per heavy atom. The van der Waals surface area contributed by atoms with Crippen LogP contribution in [-0.2, 0) is 76.5 Å². The van der Waals surface area contributed by atoms with E-state index in [2.05, 4.69) is 0 Å². The van der Waals surface area contributed by atoms with Crippen molar-refractivity contribution in [2.24, 2.45) is 0 Å². The van der Waals surface area contributed by atoms with Gasteiger partial charge >= 0.3 is 0 Å². The molecule has 0 aliphatic carbocycles. The second-order valence-corrected chi connectivity index (χ2v) is 0. The van der Waals surface area contributed by atoms with Crippen LogP contribution in [0.15, 0.2) is 0 Å². The van der Waals surface area contributed by atoms with Crippen molar-refractivity contribution < 1.29 is 76.5 Å². The zero-order valence-corrected chi connectivity index (χ0v) is 7.09. The van der Waals surface area contributed by atoms with Gasteiger partial charge in [-0.05, 0) is 0 Å². The summed E-state index contributed by atoms with van der Waals surface area (Å²) in [6.07, 6.45) is 0. The predicted octanol–water partition coefficient (Wildman–Crippen LogP) is -0.0100. The zero-order valence-electron chi connectivity index (χ0n) is 1.50. The van der Waals surface area contributed by atoms with Gasteiger partial charge in [0, 0.05) is 76.5 Å². The summed E-state index contributed by atoms with van der Waals surface area (Å²) in [5.41, 5.74) is 0. The van der Waals surface area contributed by atoms with E-state index in [-0.39, 0.29) is 76.5 Å². The average Bonchev–Trinajstić information content (AvgIpc) is 0. The van der Waals surface area contributed by atoms with Gasteiger partial charge in [-0.15, -0.1) is 0 Å². The summed E-state index contributed by atoms with van der Waals surface area (Å²) in [5, 5.41) is 0. The molecule has 0 saturated heterocycles. The Morgan fingerprint density at radius 1 is 1.00 bits per heavy atom. The van der Waals surface area contributed by atoms with E-state index >= 15 is 0 Å². The Balaban J connectivity index is 0. The van der Waals surface area contributed by atoms with Crippen molar-refractivity contribution in [2.75, 3.05) is 0 Å². The number of hydrogen-bond acceptors (Lipinski definition) is 0. The molecule has 0 aromatic rings. The quantitative estimate of drug-likeness (QED) is 0.540. The van der Waals surface area contributed by atoms with E-state index in [9.17, 15) is 0 Å². The fourth-order valence-corrected chi connectivity index (χ4v) is 0. The second kappa shape index (κ2) is 18.1. The standard InChI is InChI=1S/Co.Fe.Ni.Zr. The molecule has 0 aromatic heterocycles. The van der Waals surface area contributed by atoms with Crippen molar-refractivity contribution in [2.45, 2.75) is 0 Å². The minimum Gasteiger partial charge on any atom is 0 e. The molecule has 0 aromatic carbocycles. The molecule has 0 bridgehead atoms. The Kier molecular flexibility index (Phi) is 147. The Labute approximate surface area is 75.6 Å². The fraction of sp³-hybridized carbons (Fsp3) is 0. The van der Waals surface area contributed by atoms with Gasteiger partial charge in [0.1, 0.15) is 0 Å². The van der Waals surface area contributed by atoms with Crippen LogP contribution in [-0.4, -0.2) is 0 Å². The summed E-state index contributed by atoms with van der Waals surface area (Å²) in [6.45, 7) is 0. The summed E-state index contributed by atoms with van der Waals surface area (Å²) in [4.78, 5) is 0. The molecule has 0 spiro atoms. The average molecular weight is 265 g/mol. The maximum Gasteiger partial charge on any atom is 0 e. The van der Waals surface area contributed by atoms with Crippen molar-refractivity contribution in [3.05, 3.63) is 0 Å². The fourth-order valence-electron chi connectivity index (χ4n) is 0. The van der Waals surface area contributed by atoms with Crippen LogP contribution in [0.5, 0.6) is 0 Å². The summed E-state index contributed by atoms with van der Waals surface area (Å²) >= 11 is 0. The van der Waals surface area contributed by atoms with Crippen LogP contribution in [0.25, 0.3) is 0 Å². The number of hydrogen-bond donors (Lipinski definition) is 0. The molecule has 0 heterocycles. The van der Waals surface area contributed by atoms with Crippen molar-refractivity contribution >= 4 is 0 Å². The van der Waals surface area contributed by atoms with Crippen molar-refractivity contribution in [3.8, 4) is 0 Å². The first-order chi connectivity index (χ1) is 0. The minimum absolute atomic E-state index is 0. The third-order valence-electron chi connectivity index (χ3n) is 0. The maximum atomic E-state index is 0. The van der Waals surface area contributed by atoms with Gasteiger partial charge < -0.3 is 0 Å². The monoisotopic (exact) mass is 263 g/mol. The minimum atomic E-state index is 0. The molecule has 1 radical (unpaired) electrons. The molecule has 0 aliphatic rings.